The van der Waals surface area contributed by atoms with Crippen molar-refractivity contribution in [1.29, 1.82) is 0 Å². The van der Waals surface area contributed by atoms with Crippen molar-refractivity contribution in [2.45, 2.75) is 52.3 Å². The molecule has 0 spiro atoms. The van der Waals surface area contributed by atoms with E-state index >= 15 is 4.39 Å². The van der Waals surface area contributed by atoms with Gasteiger partial charge in [-0.1, -0.05) is 26.8 Å². The standard InChI is InChI=1S/C22H28FNO4/c1-10-6-13-12-8-15(23)14-7-11(25)4-5-21(14,2)18(12)16(26)9-22(13,3)17(10)19(27)20(24)28/h4-5,7,10,12-13,15-18,26H,6,8-9H2,1-3H3,(H2,24,28)/t10?,12-,13-,15?,16?,17+,18+,21-,22-/m0/s1. The molecule has 0 heterocycles. The molecule has 152 valence electrons. The third kappa shape index (κ3) is 2.43. The van der Waals surface area contributed by atoms with Crippen LogP contribution in [0.4, 0.5) is 4.39 Å². The van der Waals surface area contributed by atoms with Crippen molar-refractivity contribution in [1.82, 2.24) is 0 Å². The maximum absolute atomic E-state index is 15.2. The lowest BCUT2D eigenvalue weighted by Gasteiger charge is -2.59. The number of primary amides is 1. The number of Topliss-reactive ketones (excluding diaryl/α,β-unsaturated/α-hetero) is 1. The summed E-state index contributed by atoms with van der Waals surface area (Å²) in [4.78, 5) is 36.1. The van der Waals surface area contributed by atoms with Gasteiger partial charge in [-0.2, -0.15) is 0 Å². The number of allylic oxidation sites excluding steroid dienone is 4. The van der Waals surface area contributed by atoms with E-state index in [0.29, 0.717) is 18.4 Å². The molecule has 0 aromatic carbocycles. The highest BCUT2D eigenvalue weighted by atomic mass is 19.1. The van der Waals surface area contributed by atoms with Crippen molar-refractivity contribution in [3.05, 3.63) is 23.8 Å². The summed E-state index contributed by atoms with van der Waals surface area (Å²) in [7, 11) is 0. The number of halogens is 1. The first-order valence-electron chi connectivity index (χ1n) is 10.1. The second-order valence-corrected chi connectivity index (χ2v) is 9.81. The van der Waals surface area contributed by atoms with E-state index in [-0.39, 0.29) is 35.9 Å². The number of hydrogen-bond donors (Lipinski definition) is 2. The Morgan fingerprint density at radius 2 is 1.96 bits per heavy atom. The van der Waals surface area contributed by atoms with Crippen molar-refractivity contribution < 1.29 is 23.9 Å². The van der Waals surface area contributed by atoms with Crippen LogP contribution in [0.2, 0.25) is 0 Å². The van der Waals surface area contributed by atoms with Gasteiger partial charge in [0.2, 0.25) is 5.78 Å². The molecule has 4 rings (SSSR count). The maximum atomic E-state index is 15.2. The Kier molecular flexibility index (Phi) is 4.24. The Balaban J connectivity index is 1.77. The predicted molar refractivity (Wildman–Crippen MR) is 101 cm³/mol. The first-order chi connectivity index (χ1) is 13.0. The number of amides is 1. The van der Waals surface area contributed by atoms with Gasteiger partial charge in [-0.25, -0.2) is 4.39 Å². The van der Waals surface area contributed by atoms with Crippen LogP contribution >= 0.6 is 0 Å². The number of aliphatic hydroxyl groups is 1. The second-order valence-electron chi connectivity index (χ2n) is 9.81. The molecular weight excluding hydrogens is 361 g/mol. The monoisotopic (exact) mass is 389 g/mol. The number of rotatable bonds is 2. The largest absolute Gasteiger partial charge is 0.393 e. The summed E-state index contributed by atoms with van der Waals surface area (Å²) >= 11 is 0. The van der Waals surface area contributed by atoms with Crippen molar-refractivity contribution in [2.24, 2.45) is 46.2 Å². The smallest absolute Gasteiger partial charge is 0.285 e. The fraction of sp³-hybridized carbons (Fsp3) is 0.682. The highest BCUT2D eigenvalue weighted by molar-refractivity contribution is 6.36. The molecule has 0 bridgehead atoms. The minimum Gasteiger partial charge on any atom is -0.393 e. The quantitative estimate of drug-likeness (QED) is 0.707. The van der Waals surface area contributed by atoms with Crippen molar-refractivity contribution in [2.75, 3.05) is 0 Å². The first-order valence-corrected chi connectivity index (χ1v) is 10.1. The first kappa shape index (κ1) is 19.5. The third-order valence-electron chi connectivity index (χ3n) is 8.34. The zero-order chi connectivity index (χ0) is 20.6. The van der Waals surface area contributed by atoms with Crippen LogP contribution in [0.3, 0.4) is 0 Å². The third-order valence-corrected chi connectivity index (χ3v) is 8.34. The fourth-order valence-electron chi connectivity index (χ4n) is 7.41. The van der Waals surface area contributed by atoms with Gasteiger partial charge in [-0.05, 0) is 60.2 Å². The lowest BCUT2D eigenvalue weighted by atomic mass is 9.46. The van der Waals surface area contributed by atoms with Crippen molar-refractivity contribution >= 4 is 17.5 Å². The van der Waals surface area contributed by atoms with Crippen LogP contribution in [0, 0.1) is 40.4 Å². The molecule has 3 N–H and O–H groups in total. The molecule has 4 aliphatic carbocycles. The van der Waals surface area contributed by atoms with E-state index in [1.807, 2.05) is 20.8 Å². The van der Waals surface area contributed by atoms with Crippen LogP contribution in [-0.2, 0) is 14.4 Å². The summed E-state index contributed by atoms with van der Waals surface area (Å²) in [5.41, 5.74) is 4.47. The molecule has 28 heavy (non-hydrogen) atoms. The summed E-state index contributed by atoms with van der Waals surface area (Å²) in [6.45, 7) is 5.80. The van der Waals surface area contributed by atoms with E-state index in [4.69, 9.17) is 5.73 Å². The highest BCUT2D eigenvalue weighted by Gasteiger charge is 2.65. The zero-order valence-corrected chi connectivity index (χ0v) is 16.5. The molecule has 0 aliphatic heterocycles. The second kappa shape index (κ2) is 6.09. The number of fused-ring (bicyclic) bond motifs is 5. The van der Waals surface area contributed by atoms with Crippen LogP contribution in [0.5, 0.6) is 0 Å². The van der Waals surface area contributed by atoms with Gasteiger partial charge in [0.05, 0.1) is 6.10 Å². The number of alkyl halides is 1. The Labute approximate surface area is 164 Å². The van der Waals surface area contributed by atoms with Crippen molar-refractivity contribution in [3.63, 3.8) is 0 Å². The molecule has 4 aliphatic rings. The van der Waals surface area contributed by atoms with Gasteiger partial charge in [0, 0.05) is 17.3 Å². The van der Waals surface area contributed by atoms with Gasteiger partial charge < -0.3 is 10.8 Å². The number of ketones is 2. The molecule has 3 unspecified atom stereocenters. The van der Waals surface area contributed by atoms with Crippen molar-refractivity contribution in [3.8, 4) is 0 Å². The summed E-state index contributed by atoms with van der Waals surface area (Å²) < 4.78 is 15.2. The lowest BCUT2D eigenvalue weighted by Crippen LogP contribution is -2.58. The SMILES string of the molecule is CC1C[C@H]2[C@@H]3CC(F)C4=CC(=O)C=C[C@]4(C)[C@H]3C(O)C[C@]2(C)[C@H]1C(=O)C(N)=O. The van der Waals surface area contributed by atoms with E-state index in [2.05, 4.69) is 0 Å². The lowest BCUT2D eigenvalue weighted by molar-refractivity contribution is -0.150. The minimum absolute atomic E-state index is 0.0202. The van der Waals surface area contributed by atoms with Gasteiger partial charge >= 0.3 is 0 Å². The Morgan fingerprint density at radius 1 is 1.29 bits per heavy atom. The molecule has 0 saturated heterocycles. The van der Waals surface area contributed by atoms with E-state index in [1.165, 1.54) is 12.2 Å². The number of hydrogen-bond acceptors (Lipinski definition) is 4. The zero-order valence-electron chi connectivity index (χ0n) is 16.5. The van der Waals surface area contributed by atoms with E-state index in [0.717, 1.165) is 0 Å². The molecule has 9 atom stereocenters. The molecule has 5 nitrogen and oxygen atoms in total. The molecule has 0 aromatic rings. The number of carbonyl (C=O) groups excluding carboxylic acids is 3. The average Bonchev–Trinajstić information content (AvgIpc) is 2.85. The highest BCUT2D eigenvalue weighted by Crippen LogP contribution is 2.67. The predicted octanol–water partition coefficient (Wildman–Crippen LogP) is 2.13. The Hall–Kier alpha value is -1.82. The molecular formula is C22H28FNO4. The normalized spacial score (nSPS) is 49.7. The average molecular weight is 389 g/mol. The number of aliphatic hydroxyl groups excluding tert-OH is 1. The molecule has 3 fully saturated rings. The summed E-state index contributed by atoms with van der Waals surface area (Å²) in [5, 5.41) is 11.2. The Bertz CT molecular complexity index is 819. The Morgan fingerprint density at radius 3 is 2.61 bits per heavy atom. The van der Waals surface area contributed by atoms with Crippen LogP contribution < -0.4 is 5.73 Å². The molecule has 6 heteroatoms. The molecule has 1 amide bonds. The van der Waals surface area contributed by atoms with Gasteiger partial charge in [-0.15, -0.1) is 0 Å². The molecule has 3 saturated carbocycles. The topological polar surface area (TPSA) is 97.5 Å². The van der Waals surface area contributed by atoms with Crippen LogP contribution in [-0.4, -0.2) is 34.9 Å². The van der Waals surface area contributed by atoms with Crippen LogP contribution in [0.15, 0.2) is 23.8 Å². The molecule has 0 radical (unpaired) electrons. The molecule has 0 aromatic heterocycles. The summed E-state index contributed by atoms with van der Waals surface area (Å²) in [6.07, 6.45) is 3.91. The van der Waals surface area contributed by atoms with Gasteiger partial charge in [-0.3, -0.25) is 14.4 Å². The fourth-order valence-corrected chi connectivity index (χ4v) is 7.41. The van der Waals surface area contributed by atoms with Crippen LogP contribution in [0.1, 0.15) is 40.0 Å². The summed E-state index contributed by atoms with van der Waals surface area (Å²) in [5.74, 6) is -2.65. The van der Waals surface area contributed by atoms with Crippen LogP contribution in [0.25, 0.3) is 0 Å². The van der Waals surface area contributed by atoms with Gasteiger partial charge in [0.15, 0.2) is 5.78 Å². The van der Waals surface area contributed by atoms with E-state index in [9.17, 15) is 19.5 Å². The number of carbonyl (C=O) groups is 3. The maximum Gasteiger partial charge on any atom is 0.285 e. The van der Waals surface area contributed by atoms with E-state index in [1.54, 1.807) is 6.08 Å². The van der Waals surface area contributed by atoms with E-state index < -0.39 is 40.7 Å². The minimum atomic E-state index is -1.25. The van der Waals surface area contributed by atoms with Gasteiger partial charge in [0.1, 0.15) is 6.17 Å². The van der Waals surface area contributed by atoms with Gasteiger partial charge in [0.25, 0.3) is 5.91 Å². The number of nitrogens with two attached hydrogens (primary N) is 1. The summed E-state index contributed by atoms with van der Waals surface area (Å²) in [6, 6.07) is 0.